The molecule has 0 spiro atoms. The van der Waals surface area contributed by atoms with E-state index in [1.807, 2.05) is 25.1 Å². The molecule has 0 aromatic heterocycles. The Morgan fingerprint density at radius 3 is 2.80 bits per heavy atom. The number of para-hydroxylation sites is 1. The molecule has 1 heterocycles. The van der Waals surface area contributed by atoms with Crippen molar-refractivity contribution in [1.82, 2.24) is 0 Å². The fourth-order valence-electron chi connectivity index (χ4n) is 3.15. The molecule has 1 aromatic rings. The van der Waals surface area contributed by atoms with Gasteiger partial charge >= 0.3 is 5.97 Å². The molecule has 3 nitrogen and oxygen atoms in total. The van der Waals surface area contributed by atoms with Gasteiger partial charge in [-0.2, -0.15) is 0 Å². The molecule has 0 fully saturated rings. The molecule has 0 saturated heterocycles. The van der Waals surface area contributed by atoms with Crippen molar-refractivity contribution < 1.29 is 14.6 Å². The van der Waals surface area contributed by atoms with Crippen molar-refractivity contribution in [3.63, 3.8) is 0 Å². The number of aliphatic carboxylic acids is 1. The molecule has 0 radical (unpaired) electrons. The van der Waals surface area contributed by atoms with Crippen molar-refractivity contribution >= 4 is 5.97 Å². The van der Waals surface area contributed by atoms with Gasteiger partial charge in [-0.25, -0.2) is 0 Å². The summed E-state index contributed by atoms with van der Waals surface area (Å²) in [6.45, 7) is 4.71. The molecule has 110 valence electrons. The molecule has 0 amide bonds. The van der Waals surface area contributed by atoms with E-state index in [2.05, 4.69) is 13.0 Å². The summed E-state index contributed by atoms with van der Waals surface area (Å²) in [5.41, 5.74) is 0.560. The molecule has 1 aliphatic heterocycles. The van der Waals surface area contributed by atoms with Gasteiger partial charge in [-0.3, -0.25) is 4.79 Å². The van der Waals surface area contributed by atoms with Crippen LogP contribution in [0, 0.1) is 5.41 Å². The van der Waals surface area contributed by atoms with Crippen LogP contribution in [0.5, 0.6) is 5.75 Å². The summed E-state index contributed by atoms with van der Waals surface area (Å²) >= 11 is 0. The van der Waals surface area contributed by atoms with Crippen molar-refractivity contribution in [2.45, 2.75) is 51.9 Å². The Hall–Kier alpha value is -1.51. The predicted octanol–water partition coefficient (Wildman–Crippen LogP) is 4.22. The van der Waals surface area contributed by atoms with E-state index in [4.69, 9.17) is 4.74 Å². The second-order valence-corrected chi connectivity index (χ2v) is 5.79. The molecule has 2 rings (SSSR count). The smallest absolute Gasteiger partial charge is 0.309 e. The molecule has 1 aromatic carbocycles. The molecule has 1 aliphatic rings. The third-order valence-corrected chi connectivity index (χ3v) is 4.58. The average Bonchev–Trinajstić information content (AvgIpc) is 2.86. The van der Waals surface area contributed by atoms with Gasteiger partial charge in [0.25, 0.3) is 0 Å². The van der Waals surface area contributed by atoms with Crippen LogP contribution in [-0.2, 0) is 4.79 Å². The van der Waals surface area contributed by atoms with E-state index >= 15 is 0 Å². The lowest BCUT2D eigenvalue weighted by molar-refractivity contribution is -0.150. The second-order valence-electron chi connectivity index (χ2n) is 5.79. The van der Waals surface area contributed by atoms with Gasteiger partial charge in [-0.15, -0.1) is 0 Å². The van der Waals surface area contributed by atoms with E-state index in [1.54, 1.807) is 0 Å². The summed E-state index contributed by atoms with van der Waals surface area (Å²) in [6, 6.07) is 7.99. The molecule has 0 bridgehead atoms. The lowest BCUT2D eigenvalue weighted by Gasteiger charge is -2.30. The molecular formula is C17H24O3. The highest BCUT2D eigenvalue weighted by atomic mass is 16.5. The van der Waals surface area contributed by atoms with Crippen molar-refractivity contribution in [3.05, 3.63) is 29.8 Å². The number of carbonyl (C=O) groups is 1. The Kier molecular flexibility index (Phi) is 4.69. The number of carboxylic acids is 1. The Labute approximate surface area is 121 Å². The average molecular weight is 276 g/mol. The number of benzene rings is 1. The van der Waals surface area contributed by atoms with E-state index in [1.165, 1.54) is 5.56 Å². The largest absolute Gasteiger partial charge is 0.493 e. The zero-order valence-electron chi connectivity index (χ0n) is 12.4. The number of hydrogen-bond acceptors (Lipinski definition) is 2. The van der Waals surface area contributed by atoms with E-state index in [0.717, 1.165) is 25.0 Å². The van der Waals surface area contributed by atoms with E-state index in [-0.39, 0.29) is 5.92 Å². The zero-order valence-corrected chi connectivity index (χ0v) is 12.4. The fourth-order valence-corrected chi connectivity index (χ4v) is 3.15. The summed E-state index contributed by atoms with van der Waals surface area (Å²) in [7, 11) is 0. The Balaban J connectivity index is 2.19. The molecule has 20 heavy (non-hydrogen) atoms. The maximum Gasteiger partial charge on any atom is 0.309 e. The fraction of sp³-hybridized carbons (Fsp3) is 0.588. The standard InChI is InChI=1S/C17H24O3/c1-3-5-10-17(4-2,16(18)19)11-13-12-20-15-9-7-6-8-14(13)15/h6-9,13H,3-5,10-12H2,1-2H3,(H,18,19). The quantitative estimate of drug-likeness (QED) is 0.811. The van der Waals surface area contributed by atoms with Crippen molar-refractivity contribution in [3.8, 4) is 5.75 Å². The van der Waals surface area contributed by atoms with Crippen molar-refractivity contribution in [1.29, 1.82) is 0 Å². The minimum absolute atomic E-state index is 0.208. The van der Waals surface area contributed by atoms with Crippen LogP contribution < -0.4 is 4.74 Å². The number of fused-ring (bicyclic) bond motifs is 1. The SMILES string of the molecule is CCCCC(CC)(CC1COc2ccccc21)C(=O)O. The first-order valence-corrected chi connectivity index (χ1v) is 7.58. The zero-order chi connectivity index (χ0) is 14.6. The molecule has 1 N–H and O–H groups in total. The summed E-state index contributed by atoms with van der Waals surface area (Å²) in [5.74, 6) is 0.473. The van der Waals surface area contributed by atoms with Gasteiger partial charge in [0.05, 0.1) is 12.0 Å². The van der Waals surface area contributed by atoms with Crippen LogP contribution in [0.3, 0.4) is 0 Å². The van der Waals surface area contributed by atoms with Crippen LogP contribution in [0.4, 0.5) is 0 Å². The summed E-state index contributed by atoms with van der Waals surface area (Å²) in [4.78, 5) is 11.8. The van der Waals surface area contributed by atoms with Crippen LogP contribution in [0.2, 0.25) is 0 Å². The van der Waals surface area contributed by atoms with Gasteiger partial charge in [0.1, 0.15) is 5.75 Å². The summed E-state index contributed by atoms with van der Waals surface area (Å²) in [5, 5.41) is 9.72. The highest BCUT2D eigenvalue weighted by molar-refractivity contribution is 5.74. The van der Waals surface area contributed by atoms with Crippen LogP contribution >= 0.6 is 0 Å². The minimum atomic E-state index is -0.655. The number of hydrogen-bond donors (Lipinski definition) is 1. The first-order chi connectivity index (χ1) is 9.63. The molecule has 2 atom stereocenters. The predicted molar refractivity (Wildman–Crippen MR) is 79.2 cm³/mol. The number of rotatable bonds is 7. The van der Waals surface area contributed by atoms with Gasteiger partial charge < -0.3 is 9.84 Å². The molecule has 0 aliphatic carbocycles. The van der Waals surface area contributed by atoms with Gasteiger partial charge in [0.15, 0.2) is 0 Å². The molecule has 3 heteroatoms. The lowest BCUT2D eigenvalue weighted by Crippen LogP contribution is -2.32. The number of carboxylic acid groups (broad SMARTS) is 1. The van der Waals surface area contributed by atoms with Crippen LogP contribution in [0.15, 0.2) is 24.3 Å². The molecule has 2 unspecified atom stereocenters. The van der Waals surface area contributed by atoms with E-state index < -0.39 is 11.4 Å². The van der Waals surface area contributed by atoms with Gasteiger partial charge in [0, 0.05) is 11.5 Å². The number of unbranched alkanes of at least 4 members (excludes halogenated alkanes) is 1. The maximum absolute atomic E-state index is 11.8. The third-order valence-electron chi connectivity index (χ3n) is 4.58. The monoisotopic (exact) mass is 276 g/mol. The Bertz CT molecular complexity index is 469. The minimum Gasteiger partial charge on any atom is -0.493 e. The van der Waals surface area contributed by atoms with Gasteiger partial charge in [-0.05, 0) is 25.3 Å². The second kappa shape index (κ2) is 6.29. The van der Waals surface area contributed by atoms with Gasteiger partial charge in [-0.1, -0.05) is 44.9 Å². The van der Waals surface area contributed by atoms with Crippen molar-refractivity contribution in [2.24, 2.45) is 5.41 Å². The first kappa shape index (κ1) is 14.9. The van der Waals surface area contributed by atoms with Crippen LogP contribution in [-0.4, -0.2) is 17.7 Å². The Morgan fingerprint density at radius 2 is 2.15 bits per heavy atom. The summed E-state index contributed by atoms with van der Waals surface area (Å²) < 4.78 is 5.69. The lowest BCUT2D eigenvalue weighted by atomic mass is 9.72. The highest BCUT2D eigenvalue weighted by Gasteiger charge is 2.40. The number of ether oxygens (including phenoxy) is 1. The Morgan fingerprint density at radius 1 is 1.40 bits per heavy atom. The maximum atomic E-state index is 11.8. The van der Waals surface area contributed by atoms with Crippen molar-refractivity contribution in [2.75, 3.05) is 6.61 Å². The topological polar surface area (TPSA) is 46.5 Å². The summed E-state index contributed by atoms with van der Waals surface area (Å²) in [6.07, 6.45) is 4.12. The van der Waals surface area contributed by atoms with Crippen LogP contribution in [0.25, 0.3) is 0 Å². The van der Waals surface area contributed by atoms with Crippen LogP contribution in [0.1, 0.15) is 57.4 Å². The third kappa shape index (κ3) is 2.82. The van der Waals surface area contributed by atoms with E-state index in [0.29, 0.717) is 19.4 Å². The van der Waals surface area contributed by atoms with E-state index in [9.17, 15) is 9.90 Å². The molecule has 0 saturated carbocycles. The first-order valence-electron chi connectivity index (χ1n) is 7.58. The normalized spacial score (nSPS) is 20.0. The highest BCUT2D eigenvalue weighted by Crippen LogP contribution is 2.44. The molecular weight excluding hydrogens is 252 g/mol. The van der Waals surface area contributed by atoms with Gasteiger partial charge in [0.2, 0.25) is 0 Å².